The largest absolute Gasteiger partial charge is 0.381 e. The van der Waals surface area contributed by atoms with Crippen LogP contribution in [0.2, 0.25) is 0 Å². The Hall–Kier alpha value is -0.610. The van der Waals surface area contributed by atoms with E-state index in [1.165, 1.54) is 0 Å². The molecule has 0 radical (unpaired) electrons. The molecule has 2 unspecified atom stereocenters. The number of carbonyl (C=O) groups is 1. The maximum absolute atomic E-state index is 11.4. The minimum Gasteiger partial charge on any atom is -0.381 e. The lowest BCUT2D eigenvalue weighted by atomic mass is 10.1. The Kier molecular flexibility index (Phi) is 2.51. The van der Waals surface area contributed by atoms with Gasteiger partial charge in [-0.3, -0.25) is 4.79 Å². The number of rotatable bonds is 2. The number of nitrogens with zero attached hydrogens (tertiary/aromatic N) is 1. The van der Waals surface area contributed by atoms with Crippen molar-refractivity contribution in [1.82, 2.24) is 4.90 Å². The van der Waals surface area contributed by atoms with Crippen LogP contribution in [0, 0.1) is 5.92 Å². The normalized spacial score (nSPS) is 34.5. The van der Waals surface area contributed by atoms with E-state index in [2.05, 4.69) is 0 Å². The van der Waals surface area contributed by atoms with E-state index in [1.54, 1.807) is 0 Å². The van der Waals surface area contributed by atoms with Gasteiger partial charge in [0.25, 0.3) is 0 Å². The van der Waals surface area contributed by atoms with E-state index >= 15 is 0 Å². The molecule has 0 aromatic heterocycles. The van der Waals surface area contributed by atoms with Gasteiger partial charge in [0.1, 0.15) is 0 Å². The smallest absolute Gasteiger partial charge is 0.224 e. The fourth-order valence-electron chi connectivity index (χ4n) is 2.02. The summed E-state index contributed by atoms with van der Waals surface area (Å²) in [5.74, 6) is 0.744. The molecule has 2 heterocycles. The van der Waals surface area contributed by atoms with Crippen LogP contribution < -0.4 is 5.73 Å². The van der Waals surface area contributed by atoms with Crippen LogP contribution >= 0.6 is 0 Å². The number of ether oxygens (including phenoxy) is 1. The zero-order valence-electron chi connectivity index (χ0n) is 7.74. The lowest BCUT2D eigenvalue weighted by Crippen LogP contribution is -2.33. The van der Waals surface area contributed by atoms with Crippen molar-refractivity contribution in [2.24, 2.45) is 11.7 Å². The molecule has 2 aliphatic rings. The summed E-state index contributed by atoms with van der Waals surface area (Å²) in [6.07, 6.45) is 1.60. The van der Waals surface area contributed by atoms with Gasteiger partial charge in [0.2, 0.25) is 5.91 Å². The third kappa shape index (κ3) is 2.00. The standard InChI is InChI=1S/C9H16N2O2/c10-8-3-9(12)11(5-8)4-7-1-2-13-6-7/h7-8H,1-6,10H2. The molecule has 0 saturated carbocycles. The van der Waals surface area contributed by atoms with Crippen molar-refractivity contribution in [3.63, 3.8) is 0 Å². The van der Waals surface area contributed by atoms with Gasteiger partial charge in [-0.05, 0) is 6.42 Å². The average molecular weight is 184 g/mol. The van der Waals surface area contributed by atoms with Gasteiger partial charge in [-0.2, -0.15) is 0 Å². The van der Waals surface area contributed by atoms with E-state index in [0.29, 0.717) is 12.3 Å². The number of hydrogen-bond acceptors (Lipinski definition) is 3. The fourth-order valence-corrected chi connectivity index (χ4v) is 2.02. The van der Waals surface area contributed by atoms with Crippen LogP contribution in [-0.4, -0.2) is 43.2 Å². The first kappa shape index (κ1) is 8.97. The topological polar surface area (TPSA) is 55.6 Å². The molecule has 2 N–H and O–H groups in total. The molecule has 74 valence electrons. The first-order valence-corrected chi connectivity index (χ1v) is 4.87. The summed E-state index contributed by atoms with van der Waals surface area (Å²) in [7, 11) is 0. The van der Waals surface area contributed by atoms with Crippen LogP contribution in [-0.2, 0) is 9.53 Å². The maximum Gasteiger partial charge on any atom is 0.224 e. The molecule has 2 atom stereocenters. The third-order valence-corrected chi connectivity index (χ3v) is 2.75. The lowest BCUT2D eigenvalue weighted by molar-refractivity contribution is -0.128. The Bertz CT molecular complexity index is 202. The third-order valence-electron chi connectivity index (χ3n) is 2.75. The quantitative estimate of drug-likeness (QED) is 0.634. The highest BCUT2D eigenvalue weighted by atomic mass is 16.5. The summed E-state index contributed by atoms with van der Waals surface area (Å²) < 4.78 is 5.26. The lowest BCUT2D eigenvalue weighted by Gasteiger charge is -2.19. The zero-order valence-corrected chi connectivity index (χ0v) is 7.74. The number of nitrogens with two attached hydrogens (primary N) is 1. The summed E-state index contributed by atoms with van der Waals surface area (Å²) in [6.45, 7) is 3.22. The Morgan fingerprint density at radius 1 is 1.62 bits per heavy atom. The van der Waals surface area contributed by atoms with Crippen molar-refractivity contribution in [1.29, 1.82) is 0 Å². The Morgan fingerprint density at radius 2 is 2.46 bits per heavy atom. The summed E-state index contributed by atoms with van der Waals surface area (Å²) in [5.41, 5.74) is 5.70. The number of hydrogen-bond donors (Lipinski definition) is 1. The van der Waals surface area contributed by atoms with E-state index in [4.69, 9.17) is 10.5 Å². The molecular weight excluding hydrogens is 168 g/mol. The van der Waals surface area contributed by atoms with Crippen LogP contribution in [0.5, 0.6) is 0 Å². The molecule has 0 aromatic rings. The summed E-state index contributed by atoms with van der Waals surface area (Å²) in [4.78, 5) is 13.3. The van der Waals surface area contributed by atoms with Crippen molar-refractivity contribution in [3.05, 3.63) is 0 Å². The molecule has 13 heavy (non-hydrogen) atoms. The second kappa shape index (κ2) is 3.64. The SMILES string of the molecule is NC1CC(=O)N(CC2CCOC2)C1. The molecule has 4 heteroatoms. The molecule has 4 nitrogen and oxygen atoms in total. The maximum atomic E-state index is 11.4. The second-order valence-electron chi connectivity index (χ2n) is 3.99. The van der Waals surface area contributed by atoms with E-state index in [0.717, 1.165) is 32.7 Å². The molecule has 2 rings (SSSR count). The van der Waals surface area contributed by atoms with Crippen molar-refractivity contribution in [2.75, 3.05) is 26.3 Å². The van der Waals surface area contributed by atoms with E-state index in [9.17, 15) is 4.79 Å². The summed E-state index contributed by atoms with van der Waals surface area (Å²) in [5, 5.41) is 0. The van der Waals surface area contributed by atoms with Gasteiger partial charge in [-0.25, -0.2) is 0 Å². The van der Waals surface area contributed by atoms with Crippen LogP contribution in [0.4, 0.5) is 0 Å². The van der Waals surface area contributed by atoms with Crippen molar-refractivity contribution < 1.29 is 9.53 Å². The van der Waals surface area contributed by atoms with Gasteiger partial charge < -0.3 is 15.4 Å². The molecule has 0 aromatic carbocycles. The monoisotopic (exact) mass is 184 g/mol. The molecule has 2 saturated heterocycles. The predicted molar refractivity (Wildman–Crippen MR) is 48.1 cm³/mol. The Labute approximate surface area is 78.0 Å². The summed E-state index contributed by atoms with van der Waals surface area (Å²) >= 11 is 0. The van der Waals surface area contributed by atoms with Crippen molar-refractivity contribution in [2.45, 2.75) is 18.9 Å². The molecule has 1 amide bonds. The minimum absolute atomic E-state index is 0.0508. The zero-order chi connectivity index (χ0) is 9.26. The minimum atomic E-state index is 0.0508. The van der Waals surface area contributed by atoms with Gasteiger partial charge in [0.05, 0.1) is 6.61 Å². The second-order valence-corrected chi connectivity index (χ2v) is 3.99. The van der Waals surface area contributed by atoms with Gasteiger partial charge in [-0.1, -0.05) is 0 Å². The Balaban J connectivity index is 1.83. The van der Waals surface area contributed by atoms with E-state index < -0.39 is 0 Å². The Morgan fingerprint density at radius 3 is 3.00 bits per heavy atom. The summed E-state index contributed by atoms with van der Waals surface area (Å²) in [6, 6.07) is 0.0508. The van der Waals surface area contributed by atoms with Gasteiger partial charge in [0.15, 0.2) is 0 Å². The van der Waals surface area contributed by atoms with Crippen LogP contribution in [0.3, 0.4) is 0 Å². The molecule has 2 aliphatic heterocycles. The van der Waals surface area contributed by atoms with Gasteiger partial charge in [-0.15, -0.1) is 0 Å². The first-order chi connectivity index (χ1) is 6.25. The highest BCUT2D eigenvalue weighted by Gasteiger charge is 2.29. The molecule has 2 fully saturated rings. The van der Waals surface area contributed by atoms with Crippen molar-refractivity contribution >= 4 is 5.91 Å². The van der Waals surface area contributed by atoms with Gasteiger partial charge in [0, 0.05) is 38.1 Å². The van der Waals surface area contributed by atoms with Crippen LogP contribution in [0.15, 0.2) is 0 Å². The molecule has 0 bridgehead atoms. The first-order valence-electron chi connectivity index (χ1n) is 4.87. The predicted octanol–water partition coefficient (Wildman–Crippen LogP) is -0.418. The highest BCUT2D eigenvalue weighted by molar-refractivity contribution is 5.79. The van der Waals surface area contributed by atoms with E-state index in [1.807, 2.05) is 4.90 Å². The van der Waals surface area contributed by atoms with Crippen LogP contribution in [0.25, 0.3) is 0 Å². The molecule has 0 aliphatic carbocycles. The number of carbonyl (C=O) groups excluding carboxylic acids is 1. The van der Waals surface area contributed by atoms with Crippen LogP contribution in [0.1, 0.15) is 12.8 Å². The number of likely N-dealkylation sites (tertiary alicyclic amines) is 1. The average Bonchev–Trinajstić information content (AvgIpc) is 2.63. The van der Waals surface area contributed by atoms with Crippen molar-refractivity contribution in [3.8, 4) is 0 Å². The van der Waals surface area contributed by atoms with Gasteiger partial charge >= 0.3 is 0 Å². The molecular formula is C9H16N2O2. The fraction of sp³-hybridized carbons (Fsp3) is 0.889. The highest BCUT2D eigenvalue weighted by Crippen LogP contribution is 2.17. The number of amides is 1. The van der Waals surface area contributed by atoms with E-state index in [-0.39, 0.29) is 11.9 Å². The molecule has 0 spiro atoms.